The highest BCUT2D eigenvalue weighted by Crippen LogP contribution is 2.22. The quantitative estimate of drug-likeness (QED) is 0.345. The van der Waals surface area contributed by atoms with Crippen LogP contribution >= 0.6 is 0 Å². The molecule has 0 radical (unpaired) electrons. The molecule has 2 aromatic carbocycles. The van der Waals surface area contributed by atoms with Crippen LogP contribution in [0.2, 0.25) is 0 Å². The van der Waals surface area contributed by atoms with E-state index in [1.165, 1.54) is 11.2 Å². The van der Waals surface area contributed by atoms with E-state index in [0.29, 0.717) is 0 Å². The molecule has 4 N–H and O–H groups in total. The molecule has 0 aliphatic rings. The van der Waals surface area contributed by atoms with Crippen LogP contribution in [0.15, 0.2) is 67.1 Å². The number of hydrogen-bond acceptors (Lipinski definition) is 6. The van der Waals surface area contributed by atoms with Crippen LogP contribution in [0.4, 0.5) is 5.82 Å². The van der Waals surface area contributed by atoms with Crippen molar-refractivity contribution in [2.75, 3.05) is 26.0 Å². The molecular weight excluding hydrogens is 496 g/mol. The van der Waals surface area contributed by atoms with Gasteiger partial charge in [0, 0.05) is 20.3 Å². The minimum absolute atomic E-state index is 0. The lowest BCUT2D eigenvalue weighted by atomic mass is 10.0. The summed E-state index contributed by atoms with van der Waals surface area (Å²) in [4.78, 5) is 44.5. The SMILES string of the molecule is C.Cc1ccc(C(C(=O)N(C)C)n2cnc(NC(=O)[C@@H](COCc3ccccc3)NC(=O)C(C)(C)N)c2)cc1. The van der Waals surface area contributed by atoms with Crippen LogP contribution in [0.1, 0.15) is 44.0 Å². The summed E-state index contributed by atoms with van der Waals surface area (Å²) in [7, 11) is 3.37. The summed E-state index contributed by atoms with van der Waals surface area (Å²) in [5.74, 6) is -0.934. The van der Waals surface area contributed by atoms with Gasteiger partial charge in [-0.25, -0.2) is 4.98 Å². The van der Waals surface area contributed by atoms with Crippen molar-refractivity contribution < 1.29 is 19.1 Å². The lowest BCUT2D eigenvalue weighted by Crippen LogP contribution is -2.56. The Hall–Kier alpha value is -4.02. The molecule has 1 aromatic heterocycles. The second-order valence-electron chi connectivity index (χ2n) is 9.99. The standard InChI is InChI=1S/C28H36N6O4.CH4/c1-19-11-13-21(14-12-19)24(26(36)33(4)5)34-15-23(30-18-34)32-25(35)22(31-27(37)28(2,3)29)17-38-16-20-9-7-6-8-10-20;/h6-15,18,22,24H,16-17,29H2,1-5H3,(H,31,37)(H,32,35);1H4/t22-,24?;/m1./s1. The first kappa shape index (κ1) is 31.2. The van der Waals surface area contributed by atoms with Gasteiger partial charge < -0.3 is 30.6 Å². The third-order valence-electron chi connectivity index (χ3n) is 5.82. The van der Waals surface area contributed by atoms with Crippen LogP contribution in [-0.4, -0.2) is 64.5 Å². The molecule has 1 heterocycles. The highest BCUT2D eigenvalue weighted by molar-refractivity contribution is 5.98. The van der Waals surface area contributed by atoms with Crippen molar-refractivity contribution in [2.45, 2.75) is 52.4 Å². The molecule has 3 aromatic rings. The van der Waals surface area contributed by atoms with Gasteiger partial charge in [-0.1, -0.05) is 67.6 Å². The Morgan fingerprint density at radius 1 is 1.08 bits per heavy atom. The van der Waals surface area contributed by atoms with E-state index in [2.05, 4.69) is 15.6 Å². The van der Waals surface area contributed by atoms with Crippen molar-refractivity contribution in [1.82, 2.24) is 19.8 Å². The molecule has 10 nitrogen and oxygen atoms in total. The van der Waals surface area contributed by atoms with Crippen LogP contribution in [0, 0.1) is 6.92 Å². The number of hydrogen-bond donors (Lipinski definition) is 3. The summed E-state index contributed by atoms with van der Waals surface area (Å²) >= 11 is 0. The Labute approximate surface area is 230 Å². The number of aryl methyl sites for hydroxylation is 1. The molecule has 0 fully saturated rings. The van der Waals surface area contributed by atoms with Crippen molar-refractivity contribution in [3.8, 4) is 0 Å². The number of nitrogens with zero attached hydrogens (tertiary/aromatic N) is 3. The van der Waals surface area contributed by atoms with E-state index in [1.54, 1.807) is 38.7 Å². The Kier molecular flexibility index (Phi) is 10.9. The van der Waals surface area contributed by atoms with Crippen molar-refractivity contribution >= 4 is 23.5 Å². The fraction of sp³-hybridized carbons (Fsp3) is 0.379. The van der Waals surface area contributed by atoms with Crippen LogP contribution in [0.3, 0.4) is 0 Å². The number of nitrogens with two attached hydrogens (primary N) is 1. The number of carbonyl (C=O) groups is 3. The van der Waals surface area contributed by atoms with Crippen molar-refractivity contribution in [1.29, 1.82) is 0 Å². The largest absolute Gasteiger partial charge is 0.374 e. The van der Waals surface area contributed by atoms with Crippen molar-refractivity contribution in [3.63, 3.8) is 0 Å². The molecule has 3 amide bonds. The number of imidazole rings is 1. The fourth-order valence-electron chi connectivity index (χ4n) is 3.59. The molecule has 0 aliphatic carbocycles. The van der Waals surface area contributed by atoms with Gasteiger partial charge in [-0.15, -0.1) is 0 Å². The summed E-state index contributed by atoms with van der Waals surface area (Å²) in [6.45, 7) is 5.27. The number of rotatable bonds is 11. The Bertz CT molecular complexity index is 1230. The van der Waals surface area contributed by atoms with Gasteiger partial charge in [-0.3, -0.25) is 14.4 Å². The van der Waals surface area contributed by atoms with Crippen LogP contribution in [-0.2, 0) is 25.7 Å². The van der Waals surface area contributed by atoms with Gasteiger partial charge in [0.1, 0.15) is 12.1 Å². The van der Waals surface area contributed by atoms with E-state index < -0.39 is 29.4 Å². The second kappa shape index (κ2) is 13.7. The monoisotopic (exact) mass is 536 g/mol. The molecule has 10 heteroatoms. The summed E-state index contributed by atoms with van der Waals surface area (Å²) in [6, 6.07) is 15.5. The van der Waals surface area contributed by atoms with Gasteiger partial charge in [0.25, 0.3) is 5.91 Å². The third kappa shape index (κ3) is 8.76. The summed E-state index contributed by atoms with van der Waals surface area (Å²) in [5.41, 5.74) is 7.53. The molecule has 0 saturated carbocycles. The predicted octanol–water partition coefficient (Wildman–Crippen LogP) is 2.88. The Morgan fingerprint density at radius 2 is 1.72 bits per heavy atom. The van der Waals surface area contributed by atoms with Gasteiger partial charge in [0.05, 0.1) is 25.1 Å². The van der Waals surface area contributed by atoms with Crippen LogP contribution in [0.5, 0.6) is 0 Å². The summed E-state index contributed by atoms with van der Waals surface area (Å²) < 4.78 is 7.37. The molecule has 39 heavy (non-hydrogen) atoms. The van der Waals surface area contributed by atoms with Gasteiger partial charge in [0.15, 0.2) is 5.82 Å². The molecule has 0 aliphatic heterocycles. The molecule has 0 spiro atoms. The summed E-state index contributed by atoms with van der Waals surface area (Å²) in [6.07, 6.45) is 3.07. The Balaban J connectivity index is 0.00000533. The van der Waals surface area contributed by atoms with Gasteiger partial charge in [-0.2, -0.15) is 0 Å². The number of amides is 3. The molecule has 210 valence electrons. The zero-order valence-electron chi connectivity index (χ0n) is 22.5. The van der Waals surface area contributed by atoms with E-state index in [4.69, 9.17) is 10.5 Å². The third-order valence-corrected chi connectivity index (χ3v) is 5.82. The maximum Gasteiger partial charge on any atom is 0.250 e. The van der Waals surface area contributed by atoms with E-state index in [0.717, 1.165) is 16.7 Å². The number of likely N-dealkylation sites (N-methyl/N-ethyl adjacent to an activating group) is 1. The second-order valence-corrected chi connectivity index (χ2v) is 9.99. The number of carbonyl (C=O) groups excluding carboxylic acids is 3. The average Bonchev–Trinajstić information content (AvgIpc) is 3.32. The molecule has 0 saturated heterocycles. The zero-order valence-corrected chi connectivity index (χ0v) is 22.5. The topological polar surface area (TPSA) is 132 Å². The lowest BCUT2D eigenvalue weighted by Gasteiger charge is -2.23. The molecule has 0 bridgehead atoms. The molecule has 3 rings (SSSR count). The first-order chi connectivity index (χ1) is 18.0. The number of nitrogens with one attached hydrogen (secondary N) is 2. The van der Waals surface area contributed by atoms with Crippen molar-refractivity contribution in [2.24, 2.45) is 5.73 Å². The fourth-order valence-corrected chi connectivity index (χ4v) is 3.59. The minimum Gasteiger partial charge on any atom is -0.374 e. The van der Waals surface area contributed by atoms with E-state index in [1.807, 2.05) is 61.5 Å². The number of aromatic nitrogens is 2. The highest BCUT2D eigenvalue weighted by atomic mass is 16.5. The smallest absolute Gasteiger partial charge is 0.250 e. The summed E-state index contributed by atoms with van der Waals surface area (Å²) in [5, 5.41) is 5.38. The maximum absolute atomic E-state index is 13.2. The first-order valence-corrected chi connectivity index (χ1v) is 12.3. The molecule has 2 atom stereocenters. The molecule has 1 unspecified atom stereocenters. The van der Waals surface area contributed by atoms with E-state index in [-0.39, 0.29) is 32.4 Å². The highest BCUT2D eigenvalue weighted by Gasteiger charge is 2.29. The van der Waals surface area contributed by atoms with Gasteiger partial charge in [0.2, 0.25) is 11.8 Å². The predicted molar refractivity (Wildman–Crippen MR) is 152 cm³/mol. The average molecular weight is 537 g/mol. The zero-order chi connectivity index (χ0) is 27.9. The van der Waals surface area contributed by atoms with Crippen LogP contribution in [0.25, 0.3) is 0 Å². The maximum atomic E-state index is 13.2. The van der Waals surface area contributed by atoms with Gasteiger partial charge >= 0.3 is 0 Å². The Morgan fingerprint density at radius 3 is 2.31 bits per heavy atom. The number of benzene rings is 2. The van der Waals surface area contributed by atoms with Crippen LogP contribution < -0.4 is 16.4 Å². The van der Waals surface area contributed by atoms with E-state index in [9.17, 15) is 14.4 Å². The first-order valence-electron chi connectivity index (χ1n) is 12.3. The lowest BCUT2D eigenvalue weighted by molar-refractivity contribution is -0.131. The van der Waals surface area contributed by atoms with Crippen molar-refractivity contribution in [3.05, 3.63) is 83.8 Å². The normalized spacial score (nSPS) is 12.6. The number of ether oxygens (including phenoxy) is 1. The number of anilines is 1. The van der Waals surface area contributed by atoms with E-state index >= 15 is 0 Å². The minimum atomic E-state index is -1.19. The van der Waals surface area contributed by atoms with Gasteiger partial charge in [-0.05, 0) is 31.9 Å². The molecular formula is C29H40N6O4.